The van der Waals surface area contributed by atoms with Crippen LogP contribution in [-0.2, 0) is 4.74 Å². The molecule has 2 aromatic rings. The molecule has 0 aliphatic heterocycles. The van der Waals surface area contributed by atoms with Gasteiger partial charge in [0.15, 0.2) is 5.69 Å². The Morgan fingerprint density at radius 1 is 1.35 bits per heavy atom. The van der Waals surface area contributed by atoms with Gasteiger partial charge in [0.25, 0.3) is 0 Å². The second kappa shape index (κ2) is 4.65. The number of nitrogens with two attached hydrogens (primary N) is 1. The van der Waals surface area contributed by atoms with Gasteiger partial charge >= 0.3 is 5.97 Å². The minimum absolute atomic E-state index is 0.177. The van der Waals surface area contributed by atoms with Crippen LogP contribution in [0.25, 0.3) is 11.3 Å². The average molecular weight is 232 g/mol. The first-order chi connectivity index (χ1) is 8.22. The number of aromatic nitrogens is 3. The molecule has 6 heteroatoms. The van der Waals surface area contributed by atoms with E-state index in [0.29, 0.717) is 18.0 Å². The molecule has 0 amide bonds. The Morgan fingerprint density at radius 2 is 2.06 bits per heavy atom. The first-order valence-corrected chi connectivity index (χ1v) is 5.16. The Kier molecular flexibility index (Phi) is 3.04. The number of anilines is 1. The maximum absolute atomic E-state index is 11.6. The highest BCUT2D eigenvalue weighted by molar-refractivity contribution is 5.93. The Morgan fingerprint density at radius 3 is 2.71 bits per heavy atom. The SMILES string of the molecule is CCOC(=O)c1n[nH]nc1-c1ccc(N)cc1. The molecule has 88 valence electrons. The summed E-state index contributed by atoms with van der Waals surface area (Å²) in [5.41, 5.74) is 7.64. The van der Waals surface area contributed by atoms with Gasteiger partial charge in [-0.1, -0.05) is 12.1 Å². The molecule has 0 unspecified atom stereocenters. The number of rotatable bonds is 3. The van der Waals surface area contributed by atoms with E-state index in [1.165, 1.54) is 0 Å². The minimum Gasteiger partial charge on any atom is -0.461 e. The van der Waals surface area contributed by atoms with Crippen molar-refractivity contribution in [1.82, 2.24) is 15.4 Å². The van der Waals surface area contributed by atoms with E-state index >= 15 is 0 Å². The summed E-state index contributed by atoms with van der Waals surface area (Å²) in [5.74, 6) is -0.493. The van der Waals surface area contributed by atoms with Gasteiger partial charge in [0.2, 0.25) is 0 Å². The number of aromatic amines is 1. The number of H-pyrrole nitrogens is 1. The minimum atomic E-state index is -0.493. The van der Waals surface area contributed by atoms with E-state index in [-0.39, 0.29) is 5.69 Å². The number of hydrogen-bond acceptors (Lipinski definition) is 5. The third-order valence-corrected chi connectivity index (χ3v) is 2.20. The number of hydrogen-bond donors (Lipinski definition) is 2. The number of ether oxygens (including phenoxy) is 1. The lowest BCUT2D eigenvalue weighted by Crippen LogP contribution is -2.06. The predicted octanol–water partition coefficient (Wildman–Crippen LogP) is 1.23. The molecule has 0 saturated heterocycles. The molecule has 1 heterocycles. The van der Waals surface area contributed by atoms with Crippen LogP contribution in [0, 0.1) is 0 Å². The Balaban J connectivity index is 2.36. The van der Waals surface area contributed by atoms with Crippen LogP contribution in [0.5, 0.6) is 0 Å². The lowest BCUT2D eigenvalue weighted by Gasteiger charge is -2.01. The van der Waals surface area contributed by atoms with Crippen molar-refractivity contribution in [1.29, 1.82) is 0 Å². The molecular formula is C11H12N4O2. The summed E-state index contributed by atoms with van der Waals surface area (Å²) in [5, 5.41) is 10.2. The van der Waals surface area contributed by atoms with Crippen LogP contribution in [0.1, 0.15) is 17.4 Å². The van der Waals surface area contributed by atoms with Gasteiger partial charge in [0, 0.05) is 11.3 Å². The zero-order chi connectivity index (χ0) is 12.3. The van der Waals surface area contributed by atoms with Gasteiger partial charge in [0.05, 0.1) is 6.61 Å². The molecule has 2 rings (SSSR count). The number of nitrogens with one attached hydrogen (secondary N) is 1. The van der Waals surface area contributed by atoms with Crippen LogP contribution in [0.3, 0.4) is 0 Å². The van der Waals surface area contributed by atoms with Gasteiger partial charge in [-0.15, -0.1) is 5.10 Å². The van der Waals surface area contributed by atoms with Crippen molar-refractivity contribution in [3.8, 4) is 11.3 Å². The Bertz CT molecular complexity index is 519. The van der Waals surface area contributed by atoms with Crippen LogP contribution in [0.2, 0.25) is 0 Å². The molecule has 0 bridgehead atoms. The molecule has 0 radical (unpaired) electrons. The van der Waals surface area contributed by atoms with Crippen molar-refractivity contribution in [2.45, 2.75) is 6.92 Å². The highest BCUT2D eigenvalue weighted by atomic mass is 16.5. The van der Waals surface area contributed by atoms with Crippen LogP contribution >= 0.6 is 0 Å². The van der Waals surface area contributed by atoms with Gasteiger partial charge in [-0.3, -0.25) is 0 Å². The third kappa shape index (κ3) is 2.25. The summed E-state index contributed by atoms with van der Waals surface area (Å²) in [6.07, 6.45) is 0. The second-order valence-corrected chi connectivity index (χ2v) is 3.36. The lowest BCUT2D eigenvalue weighted by atomic mass is 10.1. The zero-order valence-corrected chi connectivity index (χ0v) is 9.30. The number of nitrogen functional groups attached to an aromatic ring is 1. The topological polar surface area (TPSA) is 93.9 Å². The lowest BCUT2D eigenvalue weighted by molar-refractivity contribution is 0.0520. The molecule has 0 fully saturated rings. The van der Waals surface area contributed by atoms with E-state index in [0.717, 1.165) is 5.56 Å². The molecule has 3 N–H and O–H groups in total. The first-order valence-electron chi connectivity index (χ1n) is 5.16. The molecule has 0 saturated carbocycles. The van der Waals surface area contributed by atoms with Crippen LogP contribution in [-0.4, -0.2) is 28.0 Å². The summed E-state index contributed by atoms with van der Waals surface area (Å²) in [6.45, 7) is 2.04. The molecule has 17 heavy (non-hydrogen) atoms. The maximum Gasteiger partial charge on any atom is 0.361 e. The fourth-order valence-corrected chi connectivity index (χ4v) is 1.41. The molecule has 1 aromatic carbocycles. The van der Waals surface area contributed by atoms with E-state index in [1.807, 2.05) is 0 Å². The fraction of sp³-hybridized carbons (Fsp3) is 0.182. The normalized spacial score (nSPS) is 10.2. The number of carbonyl (C=O) groups is 1. The summed E-state index contributed by atoms with van der Waals surface area (Å²) in [6, 6.07) is 7.02. The van der Waals surface area contributed by atoms with E-state index < -0.39 is 5.97 Å². The maximum atomic E-state index is 11.6. The quantitative estimate of drug-likeness (QED) is 0.613. The summed E-state index contributed by atoms with van der Waals surface area (Å²) in [7, 11) is 0. The van der Waals surface area contributed by atoms with Crippen molar-refractivity contribution in [3.05, 3.63) is 30.0 Å². The fourth-order valence-electron chi connectivity index (χ4n) is 1.41. The highest BCUT2D eigenvalue weighted by Crippen LogP contribution is 2.21. The molecule has 0 aliphatic carbocycles. The monoisotopic (exact) mass is 232 g/mol. The van der Waals surface area contributed by atoms with Crippen molar-refractivity contribution in [2.75, 3.05) is 12.3 Å². The largest absolute Gasteiger partial charge is 0.461 e. The van der Waals surface area contributed by atoms with E-state index in [1.54, 1.807) is 31.2 Å². The van der Waals surface area contributed by atoms with Crippen molar-refractivity contribution < 1.29 is 9.53 Å². The van der Waals surface area contributed by atoms with E-state index in [4.69, 9.17) is 10.5 Å². The second-order valence-electron chi connectivity index (χ2n) is 3.36. The molecule has 1 aromatic heterocycles. The summed E-state index contributed by atoms with van der Waals surface area (Å²) in [4.78, 5) is 11.6. The van der Waals surface area contributed by atoms with Crippen LogP contribution < -0.4 is 5.73 Å². The van der Waals surface area contributed by atoms with Crippen molar-refractivity contribution >= 4 is 11.7 Å². The summed E-state index contributed by atoms with van der Waals surface area (Å²) < 4.78 is 4.89. The van der Waals surface area contributed by atoms with Gasteiger partial charge in [0.1, 0.15) is 5.69 Å². The molecule has 0 aliphatic rings. The van der Waals surface area contributed by atoms with Gasteiger partial charge in [-0.05, 0) is 19.1 Å². The van der Waals surface area contributed by atoms with Gasteiger partial charge in [-0.2, -0.15) is 10.3 Å². The number of esters is 1. The van der Waals surface area contributed by atoms with Gasteiger partial charge in [-0.25, -0.2) is 4.79 Å². The number of nitrogens with zero attached hydrogens (tertiary/aromatic N) is 2. The van der Waals surface area contributed by atoms with Gasteiger partial charge < -0.3 is 10.5 Å². The number of carbonyl (C=O) groups excluding carboxylic acids is 1. The zero-order valence-electron chi connectivity index (χ0n) is 9.30. The standard InChI is InChI=1S/C11H12N4O2/c1-2-17-11(16)10-9(13-15-14-10)7-3-5-8(12)6-4-7/h3-6H,2,12H2,1H3,(H,13,14,15). The number of benzene rings is 1. The van der Waals surface area contributed by atoms with Crippen LogP contribution in [0.4, 0.5) is 5.69 Å². The van der Waals surface area contributed by atoms with Crippen molar-refractivity contribution in [3.63, 3.8) is 0 Å². The first kappa shape index (κ1) is 11.1. The highest BCUT2D eigenvalue weighted by Gasteiger charge is 2.18. The smallest absolute Gasteiger partial charge is 0.361 e. The van der Waals surface area contributed by atoms with E-state index in [9.17, 15) is 4.79 Å². The van der Waals surface area contributed by atoms with E-state index in [2.05, 4.69) is 15.4 Å². The Hall–Kier alpha value is -2.37. The summed E-state index contributed by atoms with van der Waals surface area (Å²) >= 11 is 0. The molecular weight excluding hydrogens is 220 g/mol. The third-order valence-electron chi connectivity index (χ3n) is 2.20. The Labute approximate surface area is 97.8 Å². The van der Waals surface area contributed by atoms with Crippen molar-refractivity contribution in [2.24, 2.45) is 0 Å². The average Bonchev–Trinajstić information content (AvgIpc) is 2.79. The molecule has 6 nitrogen and oxygen atoms in total. The molecule has 0 atom stereocenters. The van der Waals surface area contributed by atoms with Crippen LogP contribution in [0.15, 0.2) is 24.3 Å². The molecule has 0 spiro atoms. The predicted molar refractivity (Wildman–Crippen MR) is 62.2 cm³/mol.